The molecule has 0 fully saturated rings. The van der Waals surface area contributed by atoms with Gasteiger partial charge in [-0.3, -0.25) is 9.59 Å². The van der Waals surface area contributed by atoms with Crippen molar-refractivity contribution < 1.29 is 19.1 Å². The number of ether oxygens (including phenoxy) is 2. The van der Waals surface area contributed by atoms with Crippen molar-refractivity contribution in [2.45, 2.75) is 20.8 Å². The van der Waals surface area contributed by atoms with Gasteiger partial charge >= 0.3 is 0 Å². The average Bonchev–Trinajstić information content (AvgIpc) is 2.34. The molecule has 0 aliphatic carbocycles. The average molecular weight is 265 g/mol. The number of rotatable bonds is 5. The van der Waals surface area contributed by atoms with Gasteiger partial charge in [0.2, 0.25) is 5.91 Å². The Hall–Kier alpha value is -2.04. The number of Topliss-reactive ketones (excluding diaryl/α,β-unsaturated/α-hetero) is 1. The Labute approximate surface area is 112 Å². The van der Waals surface area contributed by atoms with Crippen LogP contribution < -0.4 is 15.2 Å². The standard InChI is InChI=1S/C14H19NO4/c1-14(2,3)12(16)8-19-10-6-5-9(13(15)17)7-11(10)18-4/h5-7H,8H2,1-4H3,(H2,15,17). The van der Waals surface area contributed by atoms with E-state index in [2.05, 4.69) is 0 Å². The van der Waals surface area contributed by atoms with Crippen LogP contribution in [0.15, 0.2) is 18.2 Å². The fourth-order valence-corrected chi connectivity index (χ4v) is 1.30. The molecule has 0 saturated heterocycles. The number of carbonyl (C=O) groups is 2. The van der Waals surface area contributed by atoms with Crippen LogP contribution in [0.5, 0.6) is 11.5 Å². The van der Waals surface area contributed by atoms with E-state index in [0.29, 0.717) is 17.1 Å². The second kappa shape index (κ2) is 5.73. The summed E-state index contributed by atoms with van der Waals surface area (Å²) >= 11 is 0. The number of primary amides is 1. The summed E-state index contributed by atoms with van der Waals surface area (Å²) in [5, 5.41) is 0. The van der Waals surface area contributed by atoms with Crippen molar-refractivity contribution in [1.29, 1.82) is 0 Å². The topological polar surface area (TPSA) is 78.6 Å². The SMILES string of the molecule is COc1cc(C(N)=O)ccc1OCC(=O)C(C)(C)C. The highest BCUT2D eigenvalue weighted by Gasteiger charge is 2.22. The molecule has 5 nitrogen and oxygen atoms in total. The van der Waals surface area contributed by atoms with Crippen LogP contribution in [0.3, 0.4) is 0 Å². The smallest absolute Gasteiger partial charge is 0.248 e. The minimum Gasteiger partial charge on any atom is -0.493 e. The minimum atomic E-state index is -0.546. The monoisotopic (exact) mass is 265 g/mol. The van der Waals surface area contributed by atoms with Crippen molar-refractivity contribution in [3.05, 3.63) is 23.8 Å². The van der Waals surface area contributed by atoms with Gasteiger partial charge in [-0.1, -0.05) is 20.8 Å². The van der Waals surface area contributed by atoms with Crippen LogP contribution in [0.2, 0.25) is 0 Å². The number of methoxy groups -OCH3 is 1. The third-order valence-corrected chi connectivity index (χ3v) is 2.64. The molecule has 0 bridgehead atoms. The number of carbonyl (C=O) groups excluding carboxylic acids is 2. The van der Waals surface area contributed by atoms with E-state index in [0.717, 1.165) is 0 Å². The quantitative estimate of drug-likeness (QED) is 0.880. The Morgan fingerprint density at radius 2 is 1.84 bits per heavy atom. The van der Waals surface area contributed by atoms with Gasteiger partial charge in [-0.2, -0.15) is 0 Å². The predicted octanol–water partition coefficient (Wildman–Crippen LogP) is 1.79. The molecule has 0 aromatic heterocycles. The highest BCUT2D eigenvalue weighted by molar-refractivity contribution is 5.93. The molecule has 19 heavy (non-hydrogen) atoms. The molecule has 0 heterocycles. The molecule has 0 spiro atoms. The van der Waals surface area contributed by atoms with Crippen LogP contribution in [0, 0.1) is 5.41 Å². The first kappa shape index (κ1) is 15.0. The minimum absolute atomic E-state index is 0.0199. The van der Waals surface area contributed by atoms with E-state index >= 15 is 0 Å². The van der Waals surface area contributed by atoms with Gasteiger partial charge in [0.05, 0.1) is 7.11 Å². The van der Waals surface area contributed by atoms with E-state index in [1.807, 2.05) is 20.8 Å². The summed E-state index contributed by atoms with van der Waals surface area (Å²) in [6.07, 6.45) is 0. The van der Waals surface area contributed by atoms with E-state index in [1.165, 1.54) is 19.2 Å². The van der Waals surface area contributed by atoms with Crippen LogP contribution in [-0.2, 0) is 4.79 Å². The van der Waals surface area contributed by atoms with E-state index in [9.17, 15) is 9.59 Å². The van der Waals surface area contributed by atoms with Gasteiger partial charge in [0.1, 0.15) is 6.61 Å². The number of ketones is 1. The summed E-state index contributed by atoms with van der Waals surface area (Å²) in [4.78, 5) is 22.8. The maximum Gasteiger partial charge on any atom is 0.248 e. The zero-order valence-electron chi connectivity index (χ0n) is 11.6. The zero-order valence-corrected chi connectivity index (χ0v) is 11.6. The molecule has 0 atom stereocenters. The van der Waals surface area contributed by atoms with Crippen molar-refractivity contribution >= 4 is 11.7 Å². The maximum absolute atomic E-state index is 11.8. The van der Waals surface area contributed by atoms with Gasteiger partial charge < -0.3 is 15.2 Å². The first-order valence-corrected chi connectivity index (χ1v) is 5.89. The number of hydrogen-bond donors (Lipinski definition) is 1. The molecule has 5 heteroatoms. The molecule has 104 valence electrons. The second-order valence-electron chi connectivity index (χ2n) is 5.19. The number of nitrogens with two attached hydrogens (primary N) is 1. The van der Waals surface area contributed by atoms with Crippen molar-refractivity contribution in [3.63, 3.8) is 0 Å². The fraction of sp³-hybridized carbons (Fsp3) is 0.429. The van der Waals surface area contributed by atoms with E-state index in [1.54, 1.807) is 6.07 Å². The molecule has 0 radical (unpaired) electrons. The largest absolute Gasteiger partial charge is 0.493 e. The highest BCUT2D eigenvalue weighted by atomic mass is 16.5. The van der Waals surface area contributed by atoms with Crippen molar-refractivity contribution in [2.75, 3.05) is 13.7 Å². The lowest BCUT2D eigenvalue weighted by atomic mass is 9.91. The summed E-state index contributed by atoms with van der Waals surface area (Å²) in [6, 6.07) is 4.58. The first-order chi connectivity index (χ1) is 8.75. The lowest BCUT2D eigenvalue weighted by molar-refractivity contribution is -0.128. The summed E-state index contributed by atoms with van der Waals surface area (Å²) in [6.45, 7) is 5.43. The van der Waals surface area contributed by atoms with Gasteiger partial charge in [0, 0.05) is 11.0 Å². The zero-order chi connectivity index (χ0) is 14.6. The van der Waals surface area contributed by atoms with Crippen molar-refractivity contribution in [2.24, 2.45) is 11.1 Å². The first-order valence-electron chi connectivity index (χ1n) is 5.89. The van der Waals surface area contributed by atoms with E-state index in [-0.39, 0.29) is 12.4 Å². The third-order valence-electron chi connectivity index (χ3n) is 2.64. The molecule has 1 aromatic rings. The summed E-state index contributed by atoms with van der Waals surface area (Å²) in [5.74, 6) is 0.215. The molecule has 0 aliphatic heterocycles. The van der Waals surface area contributed by atoms with E-state index in [4.69, 9.17) is 15.2 Å². The van der Waals surface area contributed by atoms with Crippen LogP contribution in [0.4, 0.5) is 0 Å². The van der Waals surface area contributed by atoms with Gasteiger partial charge in [0.15, 0.2) is 17.3 Å². The number of benzene rings is 1. The Morgan fingerprint density at radius 1 is 1.21 bits per heavy atom. The summed E-state index contributed by atoms with van der Waals surface area (Å²) in [5.41, 5.74) is 5.04. The van der Waals surface area contributed by atoms with Gasteiger partial charge in [-0.15, -0.1) is 0 Å². The number of amides is 1. The lowest BCUT2D eigenvalue weighted by Gasteiger charge is -2.17. The van der Waals surface area contributed by atoms with Crippen LogP contribution >= 0.6 is 0 Å². The van der Waals surface area contributed by atoms with Gasteiger partial charge in [-0.05, 0) is 18.2 Å². The van der Waals surface area contributed by atoms with Gasteiger partial charge in [-0.25, -0.2) is 0 Å². The van der Waals surface area contributed by atoms with Crippen molar-refractivity contribution in [1.82, 2.24) is 0 Å². The molecule has 1 aromatic carbocycles. The van der Waals surface area contributed by atoms with Crippen LogP contribution in [0.25, 0.3) is 0 Å². The molecular weight excluding hydrogens is 246 g/mol. The molecular formula is C14H19NO4. The van der Waals surface area contributed by atoms with E-state index < -0.39 is 11.3 Å². The highest BCUT2D eigenvalue weighted by Crippen LogP contribution is 2.28. The normalized spacial score (nSPS) is 10.9. The lowest BCUT2D eigenvalue weighted by Crippen LogP contribution is -2.26. The predicted molar refractivity (Wildman–Crippen MR) is 71.5 cm³/mol. The Kier molecular flexibility index (Phi) is 4.53. The molecule has 0 saturated carbocycles. The Morgan fingerprint density at radius 3 is 2.32 bits per heavy atom. The molecule has 0 unspecified atom stereocenters. The Balaban J connectivity index is 2.85. The Bertz CT molecular complexity index is 489. The molecule has 1 amide bonds. The van der Waals surface area contributed by atoms with Crippen LogP contribution in [0.1, 0.15) is 31.1 Å². The molecule has 0 aliphatic rings. The maximum atomic E-state index is 11.8. The molecule has 2 N–H and O–H groups in total. The fourth-order valence-electron chi connectivity index (χ4n) is 1.30. The summed E-state index contributed by atoms with van der Waals surface area (Å²) < 4.78 is 10.5. The van der Waals surface area contributed by atoms with Crippen molar-refractivity contribution in [3.8, 4) is 11.5 Å². The summed E-state index contributed by atoms with van der Waals surface area (Å²) in [7, 11) is 1.46. The van der Waals surface area contributed by atoms with Gasteiger partial charge in [0.25, 0.3) is 0 Å². The third kappa shape index (κ3) is 3.98. The number of hydrogen-bond acceptors (Lipinski definition) is 4. The molecule has 1 rings (SSSR count). The van der Waals surface area contributed by atoms with Crippen LogP contribution in [-0.4, -0.2) is 25.4 Å². The second-order valence-corrected chi connectivity index (χ2v) is 5.19.